The summed E-state index contributed by atoms with van der Waals surface area (Å²) >= 11 is 0. The van der Waals surface area contributed by atoms with Crippen molar-refractivity contribution in [3.8, 4) is 0 Å². The molecule has 2 rings (SSSR count). The minimum atomic E-state index is -0.251. The molecule has 1 aromatic carbocycles. The molecule has 0 spiro atoms. The van der Waals surface area contributed by atoms with Crippen LogP contribution in [0.2, 0.25) is 0 Å². The molecule has 1 N–H and O–H groups in total. The summed E-state index contributed by atoms with van der Waals surface area (Å²) in [6.45, 7) is 2.13. The molecule has 1 aromatic rings. The molecule has 0 radical (unpaired) electrons. The van der Waals surface area contributed by atoms with Gasteiger partial charge in [0.25, 0.3) is 0 Å². The number of benzene rings is 1. The van der Waals surface area contributed by atoms with Gasteiger partial charge in [-0.15, -0.1) is 12.4 Å². The van der Waals surface area contributed by atoms with Gasteiger partial charge >= 0.3 is 0 Å². The number of amides is 1. The maximum absolute atomic E-state index is 12.9. The monoisotopic (exact) mass is 316 g/mol. The zero-order valence-corrected chi connectivity index (χ0v) is 13.0. The molecule has 4 nitrogen and oxygen atoms in total. The van der Waals surface area contributed by atoms with Crippen LogP contribution in [0.15, 0.2) is 24.3 Å². The van der Waals surface area contributed by atoms with E-state index in [1.807, 2.05) is 4.90 Å². The molecular formula is C15H22ClFN2O2. The van der Waals surface area contributed by atoms with Crippen molar-refractivity contribution in [3.63, 3.8) is 0 Å². The van der Waals surface area contributed by atoms with E-state index in [4.69, 9.17) is 4.74 Å². The number of rotatable bonds is 8. The molecule has 0 unspecified atom stereocenters. The molecule has 1 amide bonds. The van der Waals surface area contributed by atoms with Crippen LogP contribution >= 0.6 is 12.4 Å². The molecule has 118 valence electrons. The molecule has 0 bridgehead atoms. The van der Waals surface area contributed by atoms with Gasteiger partial charge in [-0.2, -0.15) is 0 Å². The highest BCUT2D eigenvalue weighted by atomic mass is 35.5. The van der Waals surface area contributed by atoms with Gasteiger partial charge in [-0.05, 0) is 30.5 Å². The molecule has 0 aromatic heterocycles. The lowest BCUT2D eigenvalue weighted by molar-refractivity contribution is -0.131. The summed E-state index contributed by atoms with van der Waals surface area (Å²) in [6.07, 6.45) is 2.12. The molecule has 1 saturated carbocycles. The van der Waals surface area contributed by atoms with Crippen LogP contribution in [-0.2, 0) is 16.1 Å². The summed E-state index contributed by atoms with van der Waals surface area (Å²) in [5.74, 6) is -0.160. The van der Waals surface area contributed by atoms with Crippen LogP contribution in [0.5, 0.6) is 0 Å². The Morgan fingerprint density at radius 2 is 2.05 bits per heavy atom. The number of hydrogen-bond donors (Lipinski definition) is 1. The molecule has 0 heterocycles. The van der Waals surface area contributed by atoms with E-state index in [2.05, 4.69) is 5.32 Å². The van der Waals surface area contributed by atoms with E-state index in [9.17, 15) is 9.18 Å². The Kier molecular flexibility index (Phi) is 7.64. The van der Waals surface area contributed by atoms with Crippen molar-refractivity contribution in [2.24, 2.45) is 0 Å². The van der Waals surface area contributed by atoms with Crippen molar-refractivity contribution in [1.82, 2.24) is 10.2 Å². The van der Waals surface area contributed by atoms with Crippen LogP contribution in [0.3, 0.4) is 0 Å². The predicted molar refractivity (Wildman–Crippen MR) is 82.0 cm³/mol. The number of carbonyl (C=O) groups is 1. The lowest BCUT2D eigenvalue weighted by atomic mass is 10.2. The van der Waals surface area contributed by atoms with Crippen molar-refractivity contribution >= 4 is 18.3 Å². The number of hydrogen-bond acceptors (Lipinski definition) is 3. The summed E-state index contributed by atoms with van der Waals surface area (Å²) in [6, 6.07) is 6.67. The van der Waals surface area contributed by atoms with Crippen molar-refractivity contribution in [2.45, 2.75) is 25.4 Å². The second-order valence-corrected chi connectivity index (χ2v) is 5.05. The lowest BCUT2D eigenvalue weighted by Gasteiger charge is -2.23. The third kappa shape index (κ3) is 5.99. The van der Waals surface area contributed by atoms with E-state index >= 15 is 0 Å². The fourth-order valence-corrected chi connectivity index (χ4v) is 2.06. The van der Waals surface area contributed by atoms with Crippen LogP contribution in [0.25, 0.3) is 0 Å². The zero-order chi connectivity index (χ0) is 14.4. The molecule has 0 atom stereocenters. The number of methoxy groups -OCH3 is 1. The van der Waals surface area contributed by atoms with Crippen LogP contribution in [-0.4, -0.2) is 43.7 Å². The van der Waals surface area contributed by atoms with Crippen molar-refractivity contribution in [3.05, 3.63) is 35.6 Å². The summed E-state index contributed by atoms with van der Waals surface area (Å²) in [4.78, 5) is 14.1. The van der Waals surface area contributed by atoms with E-state index in [1.165, 1.54) is 12.1 Å². The summed E-state index contributed by atoms with van der Waals surface area (Å²) in [5.41, 5.74) is 0.962. The normalized spacial score (nSPS) is 13.6. The zero-order valence-electron chi connectivity index (χ0n) is 12.2. The van der Waals surface area contributed by atoms with Crippen LogP contribution in [0.4, 0.5) is 4.39 Å². The number of nitrogens with zero attached hydrogens (tertiary/aromatic N) is 1. The third-order valence-corrected chi connectivity index (χ3v) is 3.33. The molecule has 1 aliphatic rings. The van der Waals surface area contributed by atoms with E-state index in [0.29, 0.717) is 32.3 Å². The second-order valence-electron chi connectivity index (χ2n) is 5.05. The Bertz CT molecular complexity index is 438. The largest absolute Gasteiger partial charge is 0.383 e. The first-order valence-electron chi connectivity index (χ1n) is 6.94. The SMILES string of the molecule is COCCNCC(=O)N(Cc1ccc(F)cc1)C1CC1.Cl. The van der Waals surface area contributed by atoms with Gasteiger partial charge in [-0.3, -0.25) is 4.79 Å². The standard InChI is InChI=1S/C15H21FN2O2.ClH/c1-20-9-8-17-10-15(19)18(14-6-7-14)11-12-2-4-13(16)5-3-12;/h2-5,14,17H,6-11H2,1H3;1H. The fraction of sp³-hybridized carbons (Fsp3) is 0.533. The van der Waals surface area contributed by atoms with Gasteiger partial charge in [-0.25, -0.2) is 4.39 Å². The Labute approximate surface area is 131 Å². The Hall–Kier alpha value is -1.17. The average Bonchev–Trinajstić information content (AvgIpc) is 3.27. The first-order chi connectivity index (χ1) is 9.70. The maximum Gasteiger partial charge on any atom is 0.237 e. The van der Waals surface area contributed by atoms with Crippen molar-refractivity contribution in [1.29, 1.82) is 0 Å². The smallest absolute Gasteiger partial charge is 0.237 e. The third-order valence-electron chi connectivity index (χ3n) is 3.33. The second kappa shape index (κ2) is 8.97. The van der Waals surface area contributed by atoms with Crippen molar-refractivity contribution < 1.29 is 13.9 Å². The molecule has 0 aliphatic heterocycles. The van der Waals surface area contributed by atoms with E-state index in [-0.39, 0.29) is 24.1 Å². The van der Waals surface area contributed by atoms with Gasteiger partial charge in [0, 0.05) is 26.2 Å². The lowest BCUT2D eigenvalue weighted by Crippen LogP contribution is -2.40. The Balaban J connectivity index is 0.00000220. The number of ether oxygens (including phenoxy) is 1. The summed E-state index contributed by atoms with van der Waals surface area (Å²) in [5, 5.41) is 3.07. The number of carbonyl (C=O) groups excluding carboxylic acids is 1. The predicted octanol–water partition coefficient (Wildman–Crippen LogP) is 1.97. The highest BCUT2D eigenvalue weighted by Crippen LogP contribution is 2.28. The number of nitrogens with one attached hydrogen (secondary N) is 1. The molecule has 1 fully saturated rings. The Morgan fingerprint density at radius 3 is 2.62 bits per heavy atom. The highest BCUT2D eigenvalue weighted by molar-refractivity contribution is 5.85. The van der Waals surface area contributed by atoms with Gasteiger partial charge < -0.3 is 15.0 Å². The van der Waals surface area contributed by atoms with E-state index in [1.54, 1.807) is 19.2 Å². The molecule has 1 aliphatic carbocycles. The Morgan fingerprint density at radius 1 is 1.38 bits per heavy atom. The molecule has 0 saturated heterocycles. The maximum atomic E-state index is 12.9. The van der Waals surface area contributed by atoms with Gasteiger partial charge in [0.15, 0.2) is 0 Å². The van der Waals surface area contributed by atoms with E-state index in [0.717, 1.165) is 18.4 Å². The first-order valence-corrected chi connectivity index (χ1v) is 6.94. The summed E-state index contributed by atoms with van der Waals surface area (Å²) in [7, 11) is 1.63. The molecule has 21 heavy (non-hydrogen) atoms. The molecule has 6 heteroatoms. The van der Waals surface area contributed by atoms with Crippen LogP contribution in [0.1, 0.15) is 18.4 Å². The molecular weight excluding hydrogens is 295 g/mol. The van der Waals surface area contributed by atoms with Crippen LogP contribution in [0, 0.1) is 5.82 Å². The highest BCUT2D eigenvalue weighted by Gasteiger charge is 2.32. The topological polar surface area (TPSA) is 41.6 Å². The minimum Gasteiger partial charge on any atom is -0.383 e. The number of halogens is 2. The summed E-state index contributed by atoms with van der Waals surface area (Å²) < 4.78 is 17.8. The van der Waals surface area contributed by atoms with E-state index < -0.39 is 0 Å². The van der Waals surface area contributed by atoms with Gasteiger partial charge in [0.1, 0.15) is 5.82 Å². The van der Waals surface area contributed by atoms with Crippen molar-refractivity contribution in [2.75, 3.05) is 26.8 Å². The van der Waals surface area contributed by atoms with Gasteiger partial charge in [0.2, 0.25) is 5.91 Å². The quantitative estimate of drug-likeness (QED) is 0.746. The minimum absolute atomic E-state index is 0. The van der Waals surface area contributed by atoms with Gasteiger partial charge in [-0.1, -0.05) is 12.1 Å². The first kappa shape index (κ1) is 17.9. The fourth-order valence-electron chi connectivity index (χ4n) is 2.06. The van der Waals surface area contributed by atoms with Crippen LogP contribution < -0.4 is 5.32 Å². The van der Waals surface area contributed by atoms with Gasteiger partial charge in [0.05, 0.1) is 13.2 Å². The average molecular weight is 317 g/mol.